The molecule has 0 radical (unpaired) electrons. The lowest BCUT2D eigenvalue weighted by molar-refractivity contribution is 0.0783. The molecule has 1 heterocycles. The van der Waals surface area contributed by atoms with Crippen molar-refractivity contribution in [1.29, 1.82) is 0 Å². The van der Waals surface area contributed by atoms with Crippen LogP contribution in [0.25, 0.3) is 0 Å². The van der Waals surface area contributed by atoms with Gasteiger partial charge in [-0.2, -0.15) is 0 Å². The number of carbonyl (C=O) groups is 2. The first kappa shape index (κ1) is 19.2. The Labute approximate surface area is 149 Å². The van der Waals surface area contributed by atoms with Crippen LogP contribution >= 0.6 is 0 Å². The van der Waals surface area contributed by atoms with E-state index in [4.69, 9.17) is 0 Å². The highest BCUT2D eigenvalue weighted by molar-refractivity contribution is 5.96. The summed E-state index contributed by atoms with van der Waals surface area (Å²) in [5.41, 5.74) is 1.10. The van der Waals surface area contributed by atoms with Gasteiger partial charge in [-0.05, 0) is 38.2 Å². The molecule has 0 aromatic heterocycles. The molecular formula is C18H28N4O3. The molecule has 2 amide bonds. The second-order valence-corrected chi connectivity index (χ2v) is 6.42. The van der Waals surface area contributed by atoms with Crippen molar-refractivity contribution in [1.82, 2.24) is 14.7 Å². The number of nitrogens with one attached hydrogen (secondary N) is 1. The van der Waals surface area contributed by atoms with Gasteiger partial charge in [0.05, 0.1) is 7.11 Å². The number of ether oxygens (including phenoxy) is 1. The van der Waals surface area contributed by atoms with Gasteiger partial charge in [-0.25, -0.2) is 4.79 Å². The Balaban J connectivity index is 1.81. The molecule has 7 nitrogen and oxygen atoms in total. The molecule has 1 aromatic rings. The number of likely N-dealkylation sites (N-methyl/N-ethyl adjacent to an activating group) is 1. The number of hydrogen-bond donors (Lipinski definition) is 1. The normalized spacial score (nSPS) is 15.6. The maximum atomic E-state index is 12.5. The molecule has 0 aliphatic carbocycles. The van der Waals surface area contributed by atoms with Gasteiger partial charge in [-0.1, -0.05) is 6.07 Å². The number of benzene rings is 1. The van der Waals surface area contributed by atoms with Gasteiger partial charge in [0.25, 0.3) is 5.91 Å². The third kappa shape index (κ3) is 6.03. The van der Waals surface area contributed by atoms with E-state index >= 15 is 0 Å². The van der Waals surface area contributed by atoms with Crippen LogP contribution in [0.1, 0.15) is 16.8 Å². The first-order chi connectivity index (χ1) is 12.0. The number of anilines is 1. The maximum absolute atomic E-state index is 12.5. The van der Waals surface area contributed by atoms with E-state index in [0.29, 0.717) is 17.8 Å². The van der Waals surface area contributed by atoms with Crippen LogP contribution in [-0.2, 0) is 4.74 Å². The van der Waals surface area contributed by atoms with E-state index in [-0.39, 0.29) is 5.91 Å². The molecule has 0 spiro atoms. The first-order valence-electron chi connectivity index (χ1n) is 8.61. The minimum absolute atomic E-state index is 0.0492. The third-order valence-electron chi connectivity index (χ3n) is 4.45. The molecular weight excluding hydrogens is 320 g/mol. The lowest BCUT2D eigenvalue weighted by Gasteiger charge is -2.32. The fraction of sp³-hybridized carbons (Fsp3) is 0.556. The summed E-state index contributed by atoms with van der Waals surface area (Å²) in [4.78, 5) is 30.3. The van der Waals surface area contributed by atoms with Gasteiger partial charge in [0.1, 0.15) is 0 Å². The van der Waals surface area contributed by atoms with Gasteiger partial charge >= 0.3 is 6.09 Å². The smallest absolute Gasteiger partial charge is 0.411 e. The van der Waals surface area contributed by atoms with Crippen molar-refractivity contribution in [3.05, 3.63) is 29.8 Å². The standard InChI is InChI=1S/C18H28N4O3/c1-20-10-12-22(13-11-20)9-5-8-21(2)17(23)15-6-4-7-16(14-15)19-18(24)25-3/h4,6-7,14H,5,8-13H2,1-3H3,(H,19,24). The van der Waals surface area contributed by atoms with Gasteiger partial charge in [-0.15, -0.1) is 0 Å². The largest absolute Gasteiger partial charge is 0.453 e. The van der Waals surface area contributed by atoms with Gasteiger partial charge in [0.2, 0.25) is 0 Å². The second-order valence-electron chi connectivity index (χ2n) is 6.42. The predicted molar refractivity (Wildman–Crippen MR) is 98.0 cm³/mol. The molecule has 1 aliphatic heterocycles. The van der Waals surface area contributed by atoms with E-state index < -0.39 is 6.09 Å². The molecule has 1 saturated heterocycles. The zero-order chi connectivity index (χ0) is 18.2. The van der Waals surface area contributed by atoms with Crippen molar-refractivity contribution in [2.24, 2.45) is 0 Å². The van der Waals surface area contributed by atoms with Crippen molar-refractivity contribution >= 4 is 17.7 Å². The van der Waals surface area contributed by atoms with E-state index in [2.05, 4.69) is 26.9 Å². The molecule has 1 aliphatic rings. The van der Waals surface area contributed by atoms with Crippen LogP contribution in [0.4, 0.5) is 10.5 Å². The number of hydrogen-bond acceptors (Lipinski definition) is 5. The minimum Gasteiger partial charge on any atom is -0.453 e. The zero-order valence-corrected chi connectivity index (χ0v) is 15.3. The Kier molecular flexibility index (Phi) is 7.21. The molecule has 1 N–H and O–H groups in total. The summed E-state index contributed by atoms with van der Waals surface area (Å²) < 4.78 is 4.57. The summed E-state index contributed by atoms with van der Waals surface area (Å²) >= 11 is 0. The van der Waals surface area contributed by atoms with Crippen LogP contribution in [0.3, 0.4) is 0 Å². The molecule has 25 heavy (non-hydrogen) atoms. The number of methoxy groups -OCH3 is 1. The molecule has 7 heteroatoms. The van der Waals surface area contributed by atoms with Gasteiger partial charge < -0.3 is 19.4 Å². The second kappa shape index (κ2) is 9.39. The SMILES string of the molecule is COC(=O)Nc1cccc(C(=O)N(C)CCCN2CCN(C)CC2)c1. The van der Waals surface area contributed by atoms with Crippen LogP contribution in [0.5, 0.6) is 0 Å². The fourth-order valence-electron chi connectivity index (χ4n) is 2.82. The summed E-state index contributed by atoms with van der Waals surface area (Å²) in [7, 11) is 5.26. The van der Waals surface area contributed by atoms with Crippen molar-refractivity contribution in [3.63, 3.8) is 0 Å². The van der Waals surface area contributed by atoms with Crippen molar-refractivity contribution in [3.8, 4) is 0 Å². The van der Waals surface area contributed by atoms with Crippen LogP contribution < -0.4 is 5.32 Å². The maximum Gasteiger partial charge on any atom is 0.411 e. The molecule has 1 fully saturated rings. The zero-order valence-electron chi connectivity index (χ0n) is 15.3. The minimum atomic E-state index is -0.551. The van der Waals surface area contributed by atoms with Crippen LogP contribution in [0, 0.1) is 0 Å². The molecule has 2 rings (SSSR count). The first-order valence-corrected chi connectivity index (χ1v) is 8.61. The Hall–Kier alpha value is -2.12. The Morgan fingerprint density at radius 2 is 1.96 bits per heavy atom. The van der Waals surface area contributed by atoms with Crippen molar-refractivity contribution < 1.29 is 14.3 Å². The summed E-state index contributed by atoms with van der Waals surface area (Å²) in [6.45, 7) is 6.11. The Morgan fingerprint density at radius 1 is 1.24 bits per heavy atom. The Morgan fingerprint density at radius 3 is 2.64 bits per heavy atom. The van der Waals surface area contributed by atoms with Gasteiger partial charge in [-0.3, -0.25) is 10.1 Å². The highest BCUT2D eigenvalue weighted by atomic mass is 16.5. The molecule has 0 atom stereocenters. The Bertz CT molecular complexity index is 585. The van der Waals surface area contributed by atoms with E-state index in [1.54, 1.807) is 29.2 Å². The molecule has 138 valence electrons. The quantitative estimate of drug-likeness (QED) is 0.845. The monoisotopic (exact) mass is 348 g/mol. The third-order valence-corrected chi connectivity index (χ3v) is 4.45. The fourth-order valence-corrected chi connectivity index (χ4v) is 2.82. The van der Waals surface area contributed by atoms with E-state index in [9.17, 15) is 9.59 Å². The van der Waals surface area contributed by atoms with E-state index in [1.165, 1.54) is 7.11 Å². The van der Waals surface area contributed by atoms with Crippen molar-refractivity contribution in [2.75, 3.05) is 65.8 Å². The molecule has 1 aromatic carbocycles. The summed E-state index contributed by atoms with van der Waals surface area (Å²) in [5, 5.41) is 2.57. The highest BCUT2D eigenvalue weighted by Crippen LogP contribution is 2.13. The summed E-state index contributed by atoms with van der Waals surface area (Å²) in [6.07, 6.45) is 0.400. The number of rotatable bonds is 6. The van der Waals surface area contributed by atoms with Gasteiger partial charge in [0, 0.05) is 51.0 Å². The van der Waals surface area contributed by atoms with Crippen LogP contribution in [-0.4, -0.2) is 87.2 Å². The van der Waals surface area contributed by atoms with Gasteiger partial charge in [0.15, 0.2) is 0 Å². The molecule has 0 bridgehead atoms. The van der Waals surface area contributed by atoms with E-state index in [1.807, 2.05) is 7.05 Å². The number of nitrogens with zero attached hydrogens (tertiary/aromatic N) is 3. The topological polar surface area (TPSA) is 65.1 Å². The lowest BCUT2D eigenvalue weighted by Crippen LogP contribution is -2.45. The number of amides is 2. The summed E-state index contributed by atoms with van der Waals surface area (Å²) in [6, 6.07) is 6.88. The average Bonchev–Trinajstić information content (AvgIpc) is 2.62. The highest BCUT2D eigenvalue weighted by Gasteiger charge is 2.15. The molecule has 0 unspecified atom stereocenters. The van der Waals surface area contributed by atoms with E-state index in [0.717, 1.165) is 39.1 Å². The van der Waals surface area contributed by atoms with Crippen LogP contribution in [0.15, 0.2) is 24.3 Å². The predicted octanol–water partition coefficient (Wildman–Crippen LogP) is 1.57. The average molecular weight is 348 g/mol. The van der Waals surface area contributed by atoms with Crippen molar-refractivity contribution in [2.45, 2.75) is 6.42 Å². The molecule has 0 saturated carbocycles. The van der Waals surface area contributed by atoms with Crippen LogP contribution in [0.2, 0.25) is 0 Å². The number of carbonyl (C=O) groups excluding carboxylic acids is 2. The lowest BCUT2D eigenvalue weighted by atomic mass is 10.1. The number of piperazine rings is 1. The summed E-state index contributed by atoms with van der Waals surface area (Å²) in [5.74, 6) is -0.0492.